The Morgan fingerprint density at radius 1 is 1.41 bits per heavy atom. The smallest absolute Gasteiger partial charge is 0.305 e. The Morgan fingerprint density at radius 2 is 2.18 bits per heavy atom. The van der Waals surface area contributed by atoms with Crippen LogP contribution in [0.2, 0.25) is 0 Å². The van der Waals surface area contributed by atoms with Crippen molar-refractivity contribution in [3.63, 3.8) is 0 Å². The fourth-order valence-electron chi connectivity index (χ4n) is 2.55. The van der Waals surface area contributed by atoms with Crippen LogP contribution < -0.4 is 5.32 Å². The number of hydrogen-bond donors (Lipinski definition) is 2. The third-order valence-electron chi connectivity index (χ3n) is 3.34. The number of aliphatic carboxylic acids is 1. The first kappa shape index (κ1) is 12.6. The largest absolute Gasteiger partial charge is 0.481 e. The van der Waals surface area contributed by atoms with Crippen molar-refractivity contribution >= 4 is 21.9 Å². The van der Waals surface area contributed by atoms with Crippen LogP contribution in [0, 0.1) is 0 Å². The van der Waals surface area contributed by atoms with Gasteiger partial charge in [0.15, 0.2) is 0 Å². The fraction of sp³-hybridized carbons (Fsp3) is 0.462. The Balaban J connectivity index is 2.39. The van der Waals surface area contributed by atoms with Crippen LogP contribution in [0.5, 0.6) is 0 Å². The number of piperidine rings is 1. The van der Waals surface area contributed by atoms with Gasteiger partial charge in [0.05, 0.1) is 12.0 Å². The predicted molar refractivity (Wildman–Crippen MR) is 69.9 cm³/mol. The molecule has 3 nitrogen and oxygen atoms in total. The number of carbonyl (C=O) groups is 1. The van der Waals surface area contributed by atoms with Crippen LogP contribution in [0.4, 0.5) is 0 Å². The van der Waals surface area contributed by atoms with Crippen molar-refractivity contribution in [1.29, 1.82) is 0 Å². The highest BCUT2D eigenvalue weighted by Crippen LogP contribution is 2.37. The second kappa shape index (κ2) is 5.19. The second-order valence-corrected chi connectivity index (χ2v) is 5.37. The Morgan fingerprint density at radius 3 is 2.76 bits per heavy atom. The van der Waals surface area contributed by atoms with E-state index in [-0.39, 0.29) is 6.42 Å². The van der Waals surface area contributed by atoms with E-state index >= 15 is 0 Å². The van der Waals surface area contributed by atoms with Crippen LogP contribution in [0.3, 0.4) is 0 Å². The molecule has 1 aromatic rings. The number of carboxylic acids is 1. The minimum atomic E-state index is -0.754. The minimum absolute atomic E-state index is 0.135. The molecule has 0 radical (unpaired) electrons. The van der Waals surface area contributed by atoms with Crippen LogP contribution in [-0.4, -0.2) is 17.6 Å². The maximum atomic E-state index is 11.1. The average Bonchev–Trinajstić information content (AvgIpc) is 2.29. The lowest BCUT2D eigenvalue weighted by Gasteiger charge is -2.38. The third-order valence-corrected chi connectivity index (χ3v) is 4.03. The SMILES string of the molecule is O=C(O)CC1(c2ccccc2Br)CCCCN1. The van der Waals surface area contributed by atoms with Gasteiger partial charge < -0.3 is 10.4 Å². The van der Waals surface area contributed by atoms with Crippen molar-refractivity contribution in [2.75, 3.05) is 6.54 Å². The first-order valence-electron chi connectivity index (χ1n) is 5.86. The molecule has 1 aromatic carbocycles. The number of nitrogens with one attached hydrogen (secondary N) is 1. The molecule has 2 N–H and O–H groups in total. The Hall–Kier alpha value is -0.870. The van der Waals surface area contributed by atoms with Crippen molar-refractivity contribution in [2.45, 2.75) is 31.2 Å². The zero-order valence-corrected chi connectivity index (χ0v) is 11.2. The van der Waals surface area contributed by atoms with Crippen LogP contribution in [-0.2, 0) is 10.3 Å². The highest BCUT2D eigenvalue weighted by molar-refractivity contribution is 9.10. The van der Waals surface area contributed by atoms with Gasteiger partial charge in [0.1, 0.15) is 0 Å². The lowest BCUT2D eigenvalue weighted by atomic mass is 9.80. The topological polar surface area (TPSA) is 49.3 Å². The molecule has 1 saturated heterocycles. The minimum Gasteiger partial charge on any atom is -0.481 e. The van der Waals surface area contributed by atoms with Crippen LogP contribution in [0.15, 0.2) is 28.7 Å². The number of hydrogen-bond acceptors (Lipinski definition) is 2. The van der Waals surface area contributed by atoms with Gasteiger partial charge >= 0.3 is 5.97 Å². The zero-order valence-electron chi connectivity index (χ0n) is 9.58. The van der Waals surface area contributed by atoms with Gasteiger partial charge in [-0.3, -0.25) is 4.79 Å². The summed E-state index contributed by atoms with van der Waals surface area (Å²) in [6.45, 7) is 0.884. The summed E-state index contributed by atoms with van der Waals surface area (Å²) >= 11 is 3.52. The number of benzene rings is 1. The molecule has 4 heteroatoms. The van der Waals surface area contributed by atoms with Crippen molar-refractivity contribution in [2.24, 2.45) is 0 Å². The van der Waals surface area contributed by atoms with E-state index in [1.54, 1.807) is 0 Å². The van der Waals surface area contributed by atoms with Gasteiger partial charge in [-0.05, 0) is 37.4 Å². The molecule has 92 valence electrons. The fourth-order valence-corrected chi connectivity index (χ4v) is 3.22. The van der Waals surface area contributed by atoms with Gasteiger partial charge in [0, 0.05) is 4.47 Å². The zero-order chi connectivity index (χ0) is 12.3. The van der Waals surface area contributed by atoms with E-state index in [1.165, 1.54) is 0 Å². The van der Waals surface area contributed by atoms with E-state index in [0.29, 0.717) is 0 Å². The summed E-state index contributed by atoms with van der Waals surface area (Å²) in [6, 6.07) is 7.88. The highest BCUT2D eigenvalue weighted by atomic mass is 79.9. The summed E-state index contributed by atoms with van der Waals surface area (Å²) in [5, 5.41) is 12.5. The summed E-state index contributed by atoms with van der Waals surface area (Å²) in [4.78, 5) is 11.1. The molecule has 1 heterocycles. The van der Waals surface area contributed by atoms with Gasteiger partial charge in [0.2, 0.25) is 0 Å². The van der Waals surface area contributed by atoms with E-state index in [2.05, 4.69) is 21.2 Å². The number of rotatable bonds is 3. The van der Waals surface area contributed by atoms with Crippen molar-refractivity contribution < 1.29 is 9.90 Å². The van der Waals surface area contributed by atoms with E-state index in [9.17, 15) is 4.79 Å². The summed E-state index contributed by atoms with van der Waals surface area (Å²) in [5.74, 6) is -0.754. The molecule has 2 rings (SSSR count). The van der Waals surface area contributed by atoms with Gasteiger partial charge in [0.25, 0.3) is 0 Å². The Bertz CT molecular complexity index is 414. The summed E-state index contributed by atoms with van der Waals surface area (Å²) in [6.07, 6.45) is 3.20. The molecule has 0 spiro atoms. The number of carboxylic acid groups (broad SMARTS) is 1. The van der Waals surface area contributed by atoms with Crippen LogP contribution >= 0.6 is 15.9 Å². The van der Waals surface area contributed by atoms with Crippen LogP contribution in [0.1, 0.15) is 31.2 Å². The van der Waals surface area contributed by atoms with Crippen molar-refractivity contribution in [3.8, 4) is 0 Å². The summed E-state index contributed by atoms with van der Waals surface area (Å²) in [7, 11) is 0. The second-order valence-electron chi connectivity index (χ2n) is 4.52. The van der Waals surface area contributed by atoms with Gasteiger partial charge in [-0.1, -0.05) is 34.1 Å². The monoisotopic (exact) mass is 297 g/mol. The molecule has 0 amide bonds. The van der Waals surface area contributed by atoms with E-state index < -0.39 is 11.5 Å². The molecule has 1 fully saturated rings. The first-order chi connectivity index (χ1) is 8.14. The Kier molecular flexibility index (Phi) is 3.84. The molecular formula is C13H16BrNO2. The van der Waals surface area contributed by atoms with E-state index in [1.807, 2.05) is 24.3 Å². The molecule has 0 aliphatic carbocycles. The van der Waals surface area contributed by atoms with Crippen molar-refractivity contribution in [1.82, 2.24) is 5.32 Å². The van der Waals surface area contributed by atoms with E-state index in [0.717, 1.165) is 35.8 Å². The maximum Gasteiger partial charge on any atom is 0.305 e. The molecule has 1 unspecified atom stereocenters. The molecule has 17 heavy (non-hydrogen) atoms. The molecule has 1 aliphatic heterocycles. The lowest BCUT2D eigenvalue weighted by molar-refractivity contribution is -0.139. The van der Waals surface area contributed by atoms with Crippen LogP contribution in [0.25, 0.3) is 0 Å². The standard InChI is InChI=1S/C13H16BrNO2/c14-11-6-2-1-5-10(11)13(9-12(16)17)7-3-4-8-15-13/h1-2,5-6,15H,3-4,7-9H2,(H,16,17). The molecule has 0 aromatic heterocycles. The normalized spacial score (nSPS) is 24.5. The summed E-state index contributed by atoms with van der Waals surface area (Å²) in [5.41, 5.74) is 0.645. The Labute approximate surface area is 109 Å². The van der Waals surface area contributed by atoms with Gasteiger partial charge in [-0.15, -0.1) is 0 Å². The average molecular weight is 298 g/mol. The quantitative estimate of drug-likeness (QED) is 0.902. The summed E-state index contributed by atoms with van der Waals surface area (Å²) < 4.78 is 0.982. The third kappa shape index (κ3) is 2.69. The molecule has 1 aliphatic rings. The molecule has 0 saturated carbocycles. The molecule has 1 atom stereocenters. The molecule has 0 bridgehead atoms. The van der Waals surface area contributed by atoms with Gasteiger partial charge in [-0.25, -0.2) is 0 Å². The predicted octanol–water partition coefficient (Wildman–Crippen LogP) is 2.89. The first-order valence-corrected chi connectivity index (χ1v) is 6.65. The maximum absolute atomic E-state index is 11.1. The lowest BCUT2D eigenvalue weighted by Crippen LogP contribution is -2.47. The number of halogens is 1. The highest BCUT2D eigenvalue weighted by Gasteiger charge is 2.37. The van der Waals surface area contributed by atoms with E-state index in [4.69, 9.17) is 5.11 Å². The molecular weight excluding hydrogens is 282 g/mol. The van der Waals surface area contributed by atoms with Gasteiger partial charge in [-0.2, -0.15) is 0 Å². The van der Waals surface area contributed by atoms with Crippen molar-refractivity contribution in [3.05, 3.63) is 34.3 Å².